The summed E-state index contributed by atoms with van der Waals surface area (Å²) in [6.07, 6.45) is 6.59. The Balaban J connectivity index is 1.24. The van der Waals surface area contributed by atoms with Crippen molar-refractivity contribution in [2.45, 2.75) is 50.9 Å². The Kier molecular flexibility index (Phi) is 5.60. The lowest BCUT2D eigenvalue weighted by Gasteiger charge is -2.33. The highest BCUT2D eigenvalue weighted by molar-refractivity contribution is 5.78. The van der Waals surface area contributed by atoms with Gasteiger partial charge in [-0.15, -0.1) is 0 Å². The lowest BCUT2D eigenvalue weighted by molar-refractivity contribution is -0.0753. The summed E-state index contributed by atoms with van der Waals surface area (Å²) in [5.74, 6) is 0. The summed E-state index contributed by atoms with van der Waals surface area (Å²) in [6, 6.07) is 12.7. The second-order valence-electron chi connectivity index (χ2n) is 7.29. The summed E-state index contributed by atoms with van der Waals surface area (Å²) >= 11 is 0. The molecule has 1 aromatic carbocycles. The van der Waals surface area contributed by atoms with Gasteiger partial charge in [0.1, 0.15) is 0 Å². The molecule has 2 aromatic rings. The summed E-state index contributed by atoms with van der Waals surface area (Å²) in [4.78, 5) is 7.29. The van der Waals surface area contributed by atoms with Gasteiger partial charge in [-0.3, -0.25) is 9.88 Å². The van der Waals surface area contributed by atoms with E-state index in [2.05, 4.69) is 41.3 Å². The van der Waals surface area contributed by atoms with E-state index in [0.29, 0.717) is 12.2 Å². The molecule has 4 rings (SSSR count). The zero-order valence-corrected chi connectivity index (χ0v) is 14.9. The fourth-order valence-electron chi connectivity index (χ4n) is 3.84. The van der Waals surface area contributed by atoms with Crippen molar-refractivity contribution in [2.24, 2.45) is 0 Å². The lowest BCUT2D eigenvalue weighted by atomic mass is 10.1. The van der Waals surface area contributed by atoms with E-state index in [-0.39, 0.29) is 0 Å². The smallest absolute Gasteiger partial charge is 0.0808 e. The van der Waals surface area contributed by atoms with E-state index in [0.717, 1.165) is 63.3 Å². The first-order chi connectivity index (χ1) is 12.4. The van der Waals surface area contributed by atoms with E-state index >= 15 is 0 Å². The van der Waals surface area contributed by atoms with Crippen LogP contribution in [0.25, 0.3) is 10.9 Å². The fraction of sp³-hybridized carbons (Fsp3) is 0.571. The Hall–Kier alpha value is -1.49. The molecule has 0 aliphatic carbocycles. The predicted octanol–water partition coefficient (Wildman–Crippen LogP) is 3.78. The molecule has 4 nitrogen and oxygen atoms in total. The van der Waals surface area contributed by atoms with Gasteiger partial charge in [-0.25, -0.2) is 0 Å². The number of nitrogens with zero attached hydrogens (tertiary/aromatic N) is 2. The second kappa shape index (κ2) is 8.26. The minimum absolute atomic E-state index is 0.327. The number of hydrogen-bond donors (Lipinski definition) is 0. The van der Waals surface area contributed by atoms with Crippen LogP contribution in [-0.2, 0) is 16.0 Å². The lowest BCUT2D eigenvalue weighted by Crippen LogP contribution is -2.38. The highest BCUT2D eigenvalue weighted by atomic mass is 16.5. The first kappa shape index (κ1) is 17.0. The molecule has 2 fully saturated rings. The Morgan fingerprint density at radius 2 is 1.92 bits per heavy atom. The second-order valence-corrected chi connectivity index (χ2v) is 7.29. The molecular weight excluding hydrogens is 312 g/mol. The number of fused-ring (bicyclic) bond motifs is 1. The molecule has 2 aliphatic heterocycles. The van der Waals surface area contributed by atoms with Crippen molar-refractivity contribution in [2.75, 3.05) is 26.3 Å². The zero-order chi connectivity index (χ0) is 16.9. The zero-order valence-electron chi connectivity index (χ0n) is 14.9. The van der Waals surface area contributed by atoms with Gasteiger partial charge in [0.25, 0.3) is 0 Å². The maximum atomic E-state index is 6.11. The number of para-hydroxylation sites is 1. The molecule has 0 unspecified atom stereocenters. The SMILES string of the molecule is c1ccc2nc(CN3CCC(OC[C@@H]4CCCCO4)CC3)ccc2c1. The number of pyridine rings is 1. The van der Waals surface area contributed by atoms with Crippen LogP contribution in [0.5, 0.6) is 0 Å². The summed E-state index contributed by atoms with van der Waals surface area (Å²) in [5.41, 5.74) is 2.25. The summed E-state index contributed by atoms with van der Waals surface area (Å²) in [7, 11) is 0. The molecule has 0 radical (unpaired) electrons. The quantitative estimate of drug-likeness (QED) is 0.829. The van der Waals surface area contributed by atoms with Gasteiger partial charge in [-0.05, 0) is 44.2 Å². The Morgan fingerprint density at radius 1 is 1.04 bits per heavy atom. The van der Waals surface area contributed by atoms with Gasteiger partial charge < -0.3 is 9.47 Å². The molecule has 0 N–H and O–H groups in total. The predicted molar refractivity (Wildman–Crippen MR) is 99.6 cm³/mol. The third kappa shape index (κ3) is 4.57. The maximum absolute atomic E-state index is 6.11. The first-order valence-corrected chi connectivity index (χ1v) is 9.67. The minimum atomic E-state index is 0.327. The molecule has 25 heavy (non-hydrogen) atoms. The van der Waals surface area contributed by atoms with Crippen LogP contribution in [0.3, 0.4) is 0 Å². The number of ether oxygens (including phenoxy) is 2. The molecule has 3 heterocycles. The summed E-state index contributed by atoms with van der Waals surface area (Å²) < 4.78 is 11.9. The molecule has 2 aliphatic rings. The first-order valence-electron chi connectivity index (χ1n) is 9.67. The van der Waals surface area contributed by atoms with Crippen LogP contribution >= 0.6 is 0 Å². The molecule has 0 saturated carbocycles. The number of likely N-dealkylation sites (tertiary alicyclic amines) is 1. The maximum Gasteiger partial charge on any atom is 0.0808 e. The fourth-order valence-corrected chi connectivity index (χ4v) is 3.84. The highest BCUT2D eigenvalue weighted by Crippen LogP contribution is 2.19. The molecule has 134 valence electrons. The van der Waals surface area contributed by atoms with Gasteiger partial charge in [0.15, 0.2) is 0 Å². The Morgan fingerprint density at radius 3 is 2.76 bits per heavy atom. The molecule has 1 atom stereocenters. The van der Waals surface area contributed by atoms with Crippen molar-refractivity contribution >= 4 is 10.9 Å². The third-order valence-electron chi connectivity index (χ3n) is 5.37. The molecule has 1 aromatic heterocycles. The van der Waals surface area contributed by atoms with Gasteiger partial charge in [0.05, 0.1) is 30.0 Å². The van der Waals surface area contributed by atoms with Crippen LogP contribution in [0, 0.1) is 0 Å². The molecule has 4 heteroatoms. The van der Waals surface area contributed by atoms with Gasteiger partial charge in [-0.2, -0.15) is 0 Å². The molecule has 0 spiro atoms. The van der Waals surface area contributed by atoms with Gasteiger partial charge in [-0.1, -0.05) is 24.3 Å². The molecule has 0 bridgehead atoms. The number of rotatable bonds is 5. The van der Waals surface area contributed by atoms with Crippen molar-refractivity contribution < 1.29 is 9.47 Å². The number of hydrogen-bond acceptors (Lipinski definition) is 4. The van der Waals surface area contributed by atoms with E-state index in [9.17, 15) is 0 Å². The molecular formula is C21H28N2O2. The van der Waals surface area contributed by atoms with Crippen LogP contribution < -0.4 is 0 Å². The van der Waals surface area contributed by atoms with Crippen molar-refractivity contribution in [3.63, 3.8) is 0 Å². The number of piperidine rings is 1. The largest absolute Gasteiger partial charge is 0.376 e. The van der Waals surface area contributed by atoms with E-state index in [4.69, 9.17) is 14.5 Å². The van der Waals surface area contributed by atoms with E-state index in [1.54, 1.807) is 0 Å². The highest BCUT2D eigenvalue weighted by Gasteiger charge is 2.22. The van der Waals surface area contributed by atoms with Gasteiger partial charge >= 0.3 is 0 Å². The topological polar surface area (TPSA) is 34.6 Å². The van der Waals surface area contributed by atoms with Crippen molar-refractivity contribution in [3.05, 3.63) is 42.1 Å². The van der Waals surface area contributed by atoms with Gasteiger partial charge in [0.2, 0.25) is 0 Å². The van der Waals surface area contributed by atoms with Crippen LogP contribution in [0.4, 0.5) is 0 Å². The third-order valence-corrected chi connectivity index (χ3v) is 5.37. The van der Waals surface area contributed by atoms with Crippen molar-refractivity contribution in [1.82, 2.24) is 9.88 Å². The van der Waals surface area contributed by atoms with Crippen LogP contribution in [-0.4, -0.2) is 48.4 Å². The minimum Gasteiger partial charge on any atom is -0.376 e. The number of aromatic nitrogens is 1. The van der Waals surface area contributed by atoms with Crippen LogP contribution in [0.15, 0.2) is 36.4 Å². The van der Waals surface area contributed by atoms with E-state index in [1.165, 1.54) is 18.2 Å². The standard InChI is InChI=1S/C21H28N2O2/c1-2-7-21-17(5-1)8-9-18(22-21)15-23-12-10-19(11-13-23)25-16-20-6-3-4-14-24-20/h1-2,5,7-9,19-20H,3-4,6,10-16H2/t20-/m0/s1. The Bertz CT molecular complexity index is 676. The van der Waals surface area contributed by atoms with Crippen molar-refractivity contribution in [3.8, 4) is 0 Å². The normalized spacial score (nSPS) is 23.1. The van der Waals surface area contributed by atoms with Crippen LogP contribution in [0.1, 0.15) is 37.8 Å². The van der Waals surface area contributed by atoms with E-state index in [1.807, 2.05) is 0 Å². The monoisotopic (exact) mass is 340 g/mol. The van der Waals surface area contributed by atoms with Crippen molar-refractivity contribution in [1.29, 1.82) is 0 Å². The average molecular weight is 340 g/mol. The Labute approximate surface area is 150 Å². The van der Waals surface area contributed by atoms with Gasteiger partial charge in [0, 0.05) is 31.6 Å². The molecule has 0 amide bonds. The van der Waals surface area contributed by atoms with E-state index < -0.39 is 0 Å². The van der Waals surface area contributed by atoms with Crippen LogP contribution in [0.2, 0.25) is 0 Å². The average Bonchev–Trinajstić information content (AvgIpc) is 2.68. The number of benzene rings is 1. The molecule has 2 saturated heterocycles. The summed E-state index contributed by atoms with van der Waals surface area (Å²) in [6.45, 7) is 4.79. The summed E-state index contributed by atoms with van der Waals surface area (Å²) in [5, 5.41) is 1.21.